The molecule has 74 heavy (non-hydrogen) atoms. The molecule has 6 heteroatoms. The van der Waals surface area contributed by atoms with Crippen molar-refractivity contribution in [1.82, 2.24) is 5.32 Å². The second-order valence-corrected chi connectivity index (χ2v) is 22.8. The van der Waals surface area contributed by atoms with Crippen LogP contribution >= 0.6 is 0 Å². The number of amides is 1. The molecule has 436 valence electrons. The summed E-state index contributed by atoms with van der Waals surface area (Å²) in [5.74, 6) is -0.0801. The molecule has 0 bridgehead atoms. The summed E-state index contributed by atoms with van der Waals surface area (Å²) in [6.45, 7) is 4.91. The van der Waals surface area contributed by atoms with Gasteiger partial charge in [-0.2, -0.15) is 0 Å². The normalized spacial score (nSPS) is 12.8. The maximum Gasteiger partial charge on any atom is 0.305 e. The highest BCUT2D eigenvalue weighted by atomic mass is 16.5. The van der Waals surface area contributed by atoms with Crippen LogP contribution in [0, 0.1) is 0 Å². The summed E-state index contributed by atoms with van der Waals surface area (Å²) in [4.78, 5) is 24.6. The molecule has 0 aliphatic heterocycles. The van der Waals surface area contributed by atoms with Gasteiger partial charge in [-0.1, -0.05) is 301 Å². The Morgan fingerprint density at radius 2 is 0.635 bits per heavy atom. The minimum Gasteiger partial charge on any atom is -0.466 e. The lowest BCUT2D eigenvalue weighted by molar-refractivity contribution is -0.143. The molecule has 0 fully saturated rings. The number of nitrogens with one attached hydrogen (secondary N) is 1. The molecular formula is C68H129NO5. The Labute approximate surface area is 462 Å². The smallest absolute Gasteiger partial charge is 0.305 e. The third-order valence-corrected chi connectivity index (χ3v) is 15.4. The number of carbonyl (C=O) groups is 2. The molecule has 0 aromatic carbocycles. The van der Waals surface area contributed by atoms with Crippen LogP contribution in [0.5, 0.6) is 0 Å². The molecule has 0 saturated carbocycles. The molecule has 0 spiro atoms. The molecule has 0 saturated heterocycles. The van der Waals surface area contributed by atoms with Gasteiger partial charge in [-0.3, -0.25) is 9.59 Å². The number of unbranched alkanes of at least 4 members (excludes halogenated alkanes) is 47. The zero-order valence-corrected chi connectivity index (χ0v) is 49.8. The molecule has 0 aromatic rings. The highest BCUT2D eigenvalue weighted by molar-refractivity contribution is 5.76. The SMILES string of the molecule is CCCCCCCC/C=C\CCCCCCCCCC(=O)OCCCCCCCCCCC/C=C\CCCCCCCC(=O)NC(CO)C(O)/C=C/CCCCCCCCCCCCCCCCCCCCCC. The number of hydrogen-bond donors (Lipinski definition) is 3. The second kappa shape index (κ2) is 63.6. The van der Waals surface area contributed by atoms with Gasteiger partial charge < -0.3 is 20.3 Å². The molecule has 0 radical (unpaired) electrons. The first-order valence-electron chi connectivity index (χ1n) is 33.3. The van der Waals surface area contributed by atoms with Crippen molar-refractivity contribution in [2.24, 2.45) is 0 Å². The fourth-order valence-electron chi connectivity index (χ4n) is 10.3. The average molecular weight is 1040 g/mol. The van der Waals surface area contributed by atoms with Crippen molar-refractivity contribution in [3.05, 3.63) is 36.5 Å². The van der Waals surface area contributed by atoms with Gasteiger partial charge in [0, 0.05) is 12.8 Å². The number of esters is 1. The van der Waals surface area contributed by atoms with Crippen molar-refractivity contribution in [1.29, 1.82) is 0 Å². The van der Waals surface area contributed by atoms with Crippen molar-refractivity contribution < 1.29 is 24.5 Å². The maximum absolute atomic E-state index is 12.5. The van der Waals surface area contributed by atoms with E-state index in [1.54, 1.807) is 6.08 Å². The Morgan fingerprint density at radius 3 is 0.959 bits per heavy atom. The van der Waals surface area contributed by atoms with E-state index in [4.69, 9.17) is 4.74 Å². The summed E-state index contributed by atoms with van der Waals surface area (Å²) >= 11 is 0. The molecule has 2 unspecified atom stereocenters. The van der Waals surface area contributed by atoms with E-state index in [0.29, 0.717) is 19.4 Å². The monoisotopic (exact) mass is 1040 g/mol. The molecule has 2 atom stereocenters. The number of ether oxygens (including phenoxy) is 1. The highest BCUT2D eigenvalue weighted by Gasteiger charge is 2.18. The average Bonchev–Trinajstić information content (AvgIpc) is 3.40. The van der Waals surface area contributed by atoms with E-state index >= 15 is 0 Å². The van der Waals surface area contributed by atoms with Crippen molar-refractivity contribution >= 4 is 11.9 Å². The Hall–Kier alpha value is -1.92. The van der Waals surface area contributed by atoms with Crippen LogP contribution in [0.15, 0.2) is 36.5 Å². The van der Waals surface area contributed by atoms with Crippen LogP contribution in [-0.4, -0.2) is 47.4 Å². The van der Waals surface area contributed by atoms with Crippen LogP contribution < -0.4 is 5.32 Å². The van der Waals surface area contributed by atoms with E-state index in [2.05, 4.69) is 43.5 Å². The van der Waals surface area contributed by atoms with Gasteiger partial charge in [-0.25, -0.2) is 0 Å². The van der Waals surface area contributed by atoms with Crippen LogP contribution in [0.2, 0.25) is 0 Å². The molecule has 0 aliphatic carbocycles. The van der Waals surface area contributed by atoms with E-state index in [-0.39, 0.29) is 18.5 Å². The van der Waals surface area contributed by atoms with E-state index in [9.17, 15) is 19.8 Å². The summed E-state index contributed by atoms with van der Waals surface area (Å²) in [6, 6.07) is -0.640. The van der Waals surface area contributed by atoms with Crippen LogP contribution in [-0.2, 0) is 14.3 Å². The Balaban J connectivity index is 3.47. The quantitative estimate of drug-likeness (QED) is 0.0320. The van der Waals surface area contributed by atoms with Gasteiger partial charge in [-0.05, 0) is 83.5 Å². The van der Waals surface area contributed by atoms with Crippen LogP contribution in [0.4, 0.5) is 0 Å². The van der Waals surface area contributed by atoms with E-state index in [1.165, 1.54) is 276 Å². The van der Waals surface area contributed by atoms with Crippen molar-refractivity contribution in [2.75, 3.05) is 13.2 Å². The predicted molar refractivity (Wildman–Crippen MR) is 324 cm³/mol. The summed E-state index contributed by atoms with van der Waals surface area (Å²) in [6.07, 6.45) is 80.5. The largest absolute Gasteiger partial charge is 0.466 e. The first kappa shape index (κ1) is 72.1. The zero-order chi connectivity index (χ0) is 53.6. The van der Waals surface area contributed by atoms with Crippen LogP contribution in [0.1, 0.15) is 361 Å². The van der Waals surface area contributed by atoms with Crippen molar-refractivity contribution in [3.8, 4) is 0 Å². The molecule has 0 aliphatic rings. The number of aliphatic hydroxyl groups is 2. The minimum absolute atomic E-state index is 0.000708. The predicted octanol–water partition coefficient (Wildman–Crippen LogP) is 21.1. The molecule has 0 rings (SSSR count). The highest BCUT2D eigenvalue weighted by Crippen LogP contribution is 2.17. The molecule has 0 aromatic heterocycles. The maximum atomic E-state index is 12.5. The van der Waals surface area contributed by atoms with Crippen LogP contribution in [0.25, 0.3) is 0 Å². The molecule has 0 heterocycles. The molecular weight excluding hydrogens is 911 g/mol. The molecule has 1 amide bonds. The first-order chi connectivity index (χ1) is 36.5. The zero-order valence-electron chi connectivity index (χ0n) is 49.8. The fourth-order valence-corrected chi connectivity index (χ4v) is 10.3. The molecule has 3 N–H and O–H groups in total. The van der Waals surface area contributed by atoms with Gasteiger partial charge >= 0.3 is 5.97 Å². The summed E-state index contributed by atoms with van der Waals surface area (Å²) in [5.41, 5.74) is 0. The summed E-state index contributed by atoms with van der Waals surface area (Å²) < 4.78 is 5.49. The Bertz CT molecular complexity index is 1200. The van der Waals surface area contributed by atoms with E-state index in [0.717, 1.165) is 57.8 Å². The van der Waals surface area contributed by atoms with Gasteiger partial charge in [0.25, 0.3) is 0 Å². The lowest BCUT2D eigenvalue weighted by Gasteiger charge is -2.20. The van der Waals surface area contributed by atoms with Gasteiger partial charge in [0.2, 0.25) is 5.91 Å². The lowest BCUT2D eigenvalue weighted by Crippen LogP contribution is -2.45. The van der Waals surface area contributed by atoms with Crippen molar-refractivity contribution in [3.63, 3.8) is 0 Å². The number of rotatable bonds is 62. The van der Waals surface area contributed by atoms with Crippen molar-refractivity contribution in [2.45, 2.75) is 373 Å². The lowest BCUT2D eigenvalue weighted by atomic mass is 10.0. The van der Waals surface area contributed by atoms with E-state index < -0.39 is 12.1 Å². The van der Waals surface area contributed by atoms with Crippen LogP contribution in [0.3, 0.4) is 0 Å². The van der Waals surface area contributed by atoms with E-state index in [1.807, 2.05) is 6.08 Å². The number of aliphatic hydroxyl groups excluding tert-OH is 2. The minimum atomic E-state index is -0.855. The number of allylic oxidation sites excluding steroid dienone is 5. The number of carbonyl (C=O) groups excluding carboxylic acids is 2. The Kier molecular flexibility index (Phi) is 62.0. The third-order valence-electron chi connectivity index (χ3n) is 15.4. The standard InChI is InChI=1S/C68H129NO5/c1-3-5-7-9-11-13-15-17-19-21-22-23-24-25-29-32-36-40-44-48-52-56-60-66(71)65(64-70)69-67(72)61-57-53-49-45-41-37-33-30-26-27-31-35-39-43-47-51-55-59-63-74-68(73)62-58-54-50-46-42-38-34-28-20-18-16-14-12-10-8-6-4-2/h18,20,30,33,56,60,65-66,70-71H,3-17,19,21-29,31-32,34-55,57-59,61-64H2,1-2H3,(H,69,72)/b20-18-,33-30-,60-56+. The fraction of sp³-hybridized carbons (Fsp3) is 0.882. The van der Waals surface area contributed by atoms with Gasteiger partial charge in [0.1, 0.15) is 0 Å². The first-order valence-corrected chi connectivity index (χ1v) is 33.3. The van der Waals surface area contributed by atoms with Gasteiger partial charge in [-0.15, -0.1) is 0 Å². The molecule has 6 nitrogen and oxygen atoms in total. The Morgan fingerprint density at radius 1 is 0.365 bits per heavy atom. The van der Waals surface area contributed by atoms with Gasteiger partial charge in [0.15, 0.2) is 0 Å². The summed E-state index contributed by atoms with van der Waals surface area (Å²) in [7, 11) is 0. The number of hydrogen-bond acceptors (Lipinski definition) is 5. The third kappa shape index (κ3) is 59.3. The topological polar surface area (TPSA) is 95.9 Å². The second-order valence-electron chi connectivity index (χ2n) is 22.8. The summed E-state index contributed by atoms with van der Waals surface area (Å²) in [5, 5.41) is 23.2. The van der Waals surface area contributed by atoms with Gasteiger partial charge in [0.05, 0.1) is 25.4 Å².